The van der Waals surface area contributed by atoms with E-state index in [2.05, 4.69) is 10.2 Å². The number of carbonyl (C=O) groups excluding carboxylic acids is 1. The lowest BCUT2D eigenvalue weighted by Gasteiger charge is -2.41. The Morgan fingerprint density at radius 1 is 1.19 bits per heavy atom. The van der Waals surface area contributed by atoms with Gasteiger partial charge in [-0.3, -0.25) is 4.79 Å². The van der Waals surface area contributed by atoms with Crippen LogP contribution < -0.4 is 5.84 Å². The van der Waals surface area contributed by atoms with Crippen LogP contribution in [-0.2, 0) is 4.79 Å². The van der Waals surface area contributed by atoms with Gasteiger partial charge in [-0.2, -0.15) is 0 Å². The van der Waals surface area contributed by atoms with Crippen molar-refractivity contribution in [3.05, 3.63) is 30.1 Å². The first-order valence-corrected chi connectivity index (χ1v) is 10.5. The number of aromatic nitrogens is 3. The largest absolute Gasteiger partial charge is 0.342 e. The van der Waals surface area contributed by atoms with Crippen molar-refractivity contribution in [2.75, 3.05) is 24.7 Å². The van der Waals surface area contributed by atoms with E-state index in [1.54, 1.807) is 18.2 Å². The van der Waals surface area contributed by atoms with Crippen molar-refractivity contribution in [1.82, 2.24) is 19.8 Å². The minimum Gasteiger partial charge on any atom is -0.342 e. The highest BCUT2D eigenvalue weighted by Gasteiger charge is 2.32. The summed E-state index contributed by atoms with van der Waals surface area (Å²) in [5.41, 5.74) is 0.296. The molecule has 2 aliphatic rings. The highest BCUT2D eigenvalue weighted by molar-refractivity contribution is 7.99. The van der Waals surface area contributed by atoms with E-state index in [1.807, 2.05) is 4.90 Å². The highest BCUT2D eigenvalue weighted by atomic mass is 32.2. The average molecular weight is 390 g/mol. The fourth-order valence-corrected chi connectivity index (χ4v) is 5.01. The van der Waals surface area contributed by atoms with Crippen molar-refractivity contribution in [3.63, 3.8) is 0 Å². The average Bonchev–Trinajstić information content (AvgIpc) is 3.06. The molecule has 27 heavy (non-hydrogen) atoms. The number of fused-ring (bicyclic) bond motifs is 1. The van der Waals surface area contributed by atoms with Gasteiger partial charge in [0.1, 0.15) is 5.82 Å². The van der Waals surface area contributed by atoms with Crippen LogP contribution in [-0.4, -0.2) is 44.5 Å². The van der Waals surface area contributed by atoms with Crippen LogP contribution in [0.15, 0.2) is 29.4 Å². The van der Waals surface area contributed by atoms with Gasteiger partial charge in [0.15, 0.2) is 5.82 Å². The molecule has 0 bridgehead atoms. The van der Waals surface area contributed by atoms with Crippen molar-refractivity contribution in [3.8, 4) is 11.4 Å². The second-order valence-electron chi connectivity index (χ2n) is 7.38. The third-order valence-electron chi connectivity index (χ3n) is 5.75. The molecule has 4 rings (SSSR count). The lowest BCUT2D eigenvalue weighted by molar-refractivity contribution is -0.131. The predicted octanol–water partition coefficient (Wildman–Crippen LogP) is 2.93. The van der Waals surface area contributed by atoms with Gasteiger partial charge in [0.05, 0.1) is 11.3 Å². The number of nitrogens with two attached hydrogens (primary N) is 1. The van der Waals surface area contributed by atoms with Crippen LogP contribution in [0.3, 0.4) is 0 Å². The van der Waals surface area contributed by atoms with Crippen LogP contribution >= 0.6 is 11.8 Å². The van der Waals surface area contributed by atoms with Gasteiger partial charge in [-0.25, -0.2) is 9.07 Å². The summed E-state index contributed by atoms with van der Waals surface area (Å²) in [6, 6.07) is 6.30. The molecule has 1 aliphatic carbocycles. The summed E-state index contributed by atoms with van der Waals surface area (Å²) in [4.78, 5) is 14.6. The number of likely N-dealkylation sites (tertiary alicyclic amines) is 1. The van der Waals surface area contributed by atoms with Gasteiger partial charge < -0.3 is 10.7 Å². The first-order chi connectivity index (χ1) is 13.1. The van der Waals surface area contributed by atoms with Gasteiger partial charge in [-0.1, -0.05) is 43.2 Å². The van der Waals surface area contributed by atoms with Crippen LogP contribution in [0.4, 0.5) is 4.39 Å². The van der Waals surface area contributed by atoms with E-state index in [1.165, 1.54) is 48.2 Å². The maximum atomic E-state index is 14.0. The Hall–Kier alpha value is -2.09. The molecule has 2 heterocycles. The van der Waals surface area contributed by atoms with Crippen molar-refractivity contribution in [1.29, 1.82) is 0 Å². The molecule has 1 saturated carbocycles. The molecule has 1 amide bonds. The minimum absolute atomic E-state index is 0.111. The Balaban J connectivity index is 1.38. The SMILES string of the molecule is Nn1c(SCC(=O)N2CC[C@@H]3CCCC[C@H]3C2)nnc1-c1ccccc1F. The molecule has 1 aromatic heterocycles. The number of nitrogen functional groups attached to an aromatic ring is 1. The summed E-state index contributed by atoms with van der Waals surface area (Å²) in [5.74, 6) is 7.72. The van der Waals surface area contributed by atoms with Gasteiger partial charge >= 0.3 is 0 Å². The summed E-state index contributed by atoms with van der Waals surface area (Å²) >= 11 is 1.25. The van der Waals surface area contributed by atoms with Gasteiger partial charge in [-0.05, 0) is 36.8 Å². The molecule has 2 atom stereocenters. The second-order valence-corrected chi connectivity index (χ2v) is 8.32. The summed E-state index contributed by atoms with van der Waals surface area (Å²) < 4.78 is 15.2. The number of benzene rings is 1. The van der Waals surface area contributed by atoms with Crippen LogP contribution in [0, 0.1) is 17.7 Å². The van der Waals surface area contributed by atoms with E-state index in [-0.39, 0.29) is 17.5 Å². The van der Waals surface area contributed by atoms with Crippen molar-refractivity contribution in [2.45, 2.75) is 37.3 Å². The van der Waals surface area contributed by atoms with Crippen LogP contribution in [0.1, 0.15) is 32.1 Å². The zero-order valence-corrected chi connectivity index (χ0v) is 16.0. The molecule has 8 heteroatoms. The summed E-state index contributed by atoms with van der Waals surface area (Å²) in [5, 5.41) is 8.43. The number of nitrogens with zero attached hydrogens (tertiary/aromatic N) is 4. The Labute approximate surface area is 162 Å². The molecule has 6 nitrogen and oxygen atoms in total. The van der Waals surface area contributed by atoms with Gasteiger partial charge in [0, 0.05) is 13.1 Å². The minimum atomic E-state index is -0.403. The van der Waals surface area contributed by atoms with Gasteiger partial charge in [-0.15, -0.1) is 10.2 Å². The second kappa shape index (κ2) is 7.88. The number of hydrogen-bond acceptors (Lipinski definition) is 5. The molecule has 0 unspecified atom stereocenters. The Morgan fingerprint density at radius 2 is 1.96 bits per heavy atom. The zero-order chi connectivity index (χ0) is 18.8. The van der Waals surface area contributed by atoms with E-state index in [0.29, 0.717) is 16.6 Å². The monoisotopic (exact) mass is 389 g/mol. The number of carbonyl (C=O) groups is 1. The fraction of sp³-hybridized carbons (Fsp3) is 0.526. The Bertz CT molecular complexity index is 826. The third-order valence-corrected chi connectivity index (χ3v) is 6.68. The Kier molecular flexibility index (Phi) is 5.33. The lowest BCUT2D eigenvalue weighted by atomic mass is 9.75. The zero-order valence-electron chi connectivity index (χ0n) is 15.2. The van der Waals surface area contributed by atoms with E-state index >= 15 is 0 Å². The fourth-order valence-electron chi connectivity index (χ4n) is 4.25. The number of amides is 1. The topological polar surface area (TPSA) is 77.0 Å². The molecule has 2 aromatic rings. The first-order valence-electron chi connectivity index (χ1n) is 9.49. The summed E-state index contributed by atoms with van der Waals surface area (Å²) in [6.07, 6.45) is 6.29. The third kappa shape index (κ3) is 3.81. The number of thioether (sulfide) groups is 1. The molecule has 0 spiro atoms. The van der Waals surface area contributed by atoms with Gasteiger partial charge in [0.25, 0.3) is 0 Å². The van der Waals surface area contributed by atoms with Crippen LogP contribution in [0.2, 0.25) is 0 Å². The van der Waals surface area contributed by atoms with Crippen LogP contribution in [0.5, 0.6) is 0 Å². The van der Waals surface area contributed by atoms with E-state index in [9.17, 15) is 9.18 Å². The Morgan fingerprint density at radius 3 is 2.78 bits per heavy atom. The summed E-state index contributed by atoms with van der Waals surface area (Å²) in [7, 11) is 0. The van der Waals surface area contributed by atoms with E-state index in [0.717, 1.165) is 25.4 Å². The molecule has 1 aliphatic heterocycles. The highest BCUT2D eigenvalue weighted by Crippen LogP contribution is 2.36. The summed E-state index contributed by atoms with van der Waals surface area (Å²) in [6.45, 7) is 1.72. The van der Waals surface area contributed by atoms with Crippen molar-refractivity contribution < 1.29 is 9.18 Å². The number of halogens is 1. The predicted molar refractivity (Wildman–Crippen MR) is 103 cm³/mol. The van der Waals surface area contributed by atoms with E-state index < -0.39 is 5.82 Å². The normalized spacial score (nSPS) is 22.5. The van der Waals surface area contributed by atoms with Crippen molar-refractivity contribution >= 4 is 17.7 Å². The first kappa shape index (κ1) is 18.3. The van der Waals surface area contributed by atoms with E-state index in [4.69, 9.17) is 5.84 Å². The molecule has 1 aromatic carbocycles. The molecular formula is C19H24FN5OS. The molecule has 1 saturated heterocycles. The van der Waals surface area contributed by atoms with Crippen LogP contribution in [0.25, 0.3) is 11.4 Å². The smallest absolute Gasteiger partial charge is 0.233 e. The van der Waals surface area contributed by atoms with Gasteiger partial charge in [0.2, 0.25) is 11.1 Å². The molecule has 0 radical (unpaired) electrons. The van der Waals surface area contributed by atoms with Crippen molar-refractivity contribution in [2.24, 2.45) is 11.8 Å². The quantitative estimate of drug-likeness (QED) is 0.643. The lowest BCUT2D eigenvalue weighted by Crippen LogP contribution is -2.45. The maximum Gasteiger partial charge on any atom is 0.233 e. The maximum absolute atomic E-state index is 14.0. The molecular weight excluding hydrogens is 365 g/mol. The number of piperidine rings is 1. The number of rotatable bonds is 4. The molecule has 2 fully saturated rings. The molecule has 144 valence electrons. The number of hydrogen-bond donors (Lipinski definition) is 1. The standard InChI is InChI=1S/C19H24FN5OS/c20-16-8-4-3-7-15(16)18-22-23-19(25(18)21)27-12-17(26)24-10-9-13-5-1-2-6-14(13)11-24/h3-4,7-8,13-14H,1-2,5-6,9-12,21H2/t13-,14-/m0/s1. The molecule has 2 N–H and O–H groups in total.